The Hall–Kier alpha value is -1.83. The largest absolute Gasteiger partial charge is 0.376 e. The number of thiophene rings is 1. The summed E-state index contributed by atoms with van der Waals surface area (Å²) >= 11 is 1.70. The van der Waals surface area contributed by atoms with E-state index in [0.717, 1.165) is 66.1 Å². The number of anilines is 1. The van der Waals surface area contributed by atoms with E-state index in [9.17, 15) is 0 Å². The van der Waals surface area contributed by atoms with E-state index < -0.39 is 0 Å². The van der Waals surface area contributed by atoms with Crippen molar-refractivity contribution in [3.8, 4) is 0 Å². The van der Waals surface area contributed by atoms with E-state index >= 15 is 0 Å². The van der Waals surface area contributed by atoms with Crippen LogP contribution in [0.3, 0.4) is 0 Å². The third-order valence-electron chi connectivity index (χ3n) is 5.92. The first-order valence-electron chi connectivity index (χ1n) is 10.6. The number of rotatable bonds is 5. The lowest BCUT2D eigenvalue weighted by molar-refractivity contribution is -0.0401. The average Bonchev–Trinajstić information content (AvgIpc) is 3.33. The Balaban J connectivity index is 1.64. The molecule has 0 radical (unpaired) electrons. The van der Waals surface area contributed by atoms with Crippen molar-refractivity contribution in [3.05, 3.63) is 23.1 Å². The zero-order valence-corrected chi connectivity index (χ0v) is 18.2. The second-order valence-corrected chi connectivity index (χ2v) is 9.69. The number of hydrogen-bond donors (Lipinski definition) is 1. The second kappa shape index (κ2) is 7.45. The number of nitrogens with zero attached hydrogens (tertiary/aromatic N) is 3. The van der Waals surface area contributed by atoms with Crippen molar-refractivity contribution >= 4 is 37.6 Å². The normalized spacial score (nSPS) is 21.0. The van der Waals surface area contributed by atoms with Gasteiger partial charge < -0.3 is 14.8 Å². The van der Waals surface area contributed by atoms with Gasteiger partial charge in [0.05, 0.1) is 28.5 Å². The monoisotopic (exact) mass is 412 g/mol. The molecule has 154 valence electrons. The van der Waals surface area contributed by atoms with E-state index in [1.54, 1.807) is 17.7 Å². The number of aryl methyl sites for hydroxylation is 1. The molecule has 0 aromatic carbocycles. The summed E-state index contributed by atoms with van der Waals surface area (Å²) in [5.41, 5.74) is 4.65. The van der Waals surface area contributed by atoms with Gasteiger partial charge in [-0.25, -0.2) is 15.0 Å². The SMILES string of the molecule is CCCc1nc2sc3c(NCC4CCCO4)ncnc3c2c2c1COC(C)(C)C2. The highest BCUT2D eigenvalue weighted by molar-refractivity contribution is 7.26. The molecule has 1 unspecified atom stereocenters. The molecule has 3 aromatic heterocycles. The quantitative estimate of drug-likeness (QED) is 0.659. The predicted molar refractivity (Wildman–Crippen MR) is 117 cm³/mol. The third-order valence-corrected chi connectivity index (χ3v) is 7.00. The van der Waals surface area contributed by atoms with Crippen molar-refractivity contribution in [2.24, 2.45) is 0 Å². The molecule has 2 aliphatic heterocycles. The number of ether oxygens (including phenoxy) is 2. The lowest BCUT2D eigenvalue weighted by Crippen LogP contribution is -2.32. The molecule has 1 atom stereocenters. The van der Waals surface area contributed by atoms with Crippen LogP contribution in [0.2, 0.25) is 0 Å². The maximum Gasteiger partial charge on any atom is 0.147 e. The van der Waals surface area contributed by atoms with Gasteiger partial charge in [-0.2, -0.15) is 0 Å². The van der Waals surface area contributed by atoms with Crippen LogP contribution in [0.4, 0.5) is 5.82 Å². The summed E-state index contributed by atoms with van der Waals surface area (Å²) in [4.78, 5) is 15.4. The van der Waals surface area contributed by atoms with Gasteiger partial charge >= 0.3 is 0 Å². The summed E-state index contributed by atoms with van der Waals surface area (Å²) < 4.78 is 13.0. The highest BCUT2D eigenvalue weighted by Crippen LogP contribution is 2.42. The zero-order valence-electron chi connectivity index (χ0n) is 17.4. The zero-order chi connectivity index (χ0) is 20.0. The van der Waals surface area contributed by atoms with Gasteiger partial charge in [0.15, 0.2) is 0 Å². The Morgan fingerprint density at radius 2 is 2.17 bits per heavy atom. The summed E-state index contributed by atoms with van der Waals surface area (Å²) in [5.74, 6) is 0.894. The fraction of sp³-hybridized carbons (Fsp3) is 0.591. The van der Waals surface area contributed by atoms with Gasteiger partial charge in [-0.1, -0.05) is 13.3 Å². The lowest BCUT2D eigenvalue weighted by Gasteiger charge is -2.33. The van der Waals surface area contributed by atoms with Crippen molar-refractivity contribution in [2.75, 3.05) is 18.5 Å². The molecule has 7 heteroatoms. The minimum Gasteiger partial charge on any atom is -0.376 e. The summed E-state index contributed by atoms with van der Waals surface area (Å²) in [6, 6.07) is 0. The minimum atomic E-state index is -0.174. The van der Waals surface area contributed by atoms with Crippen LogP contribution in [0.5, 0.6) is 0 Å². The first-order valence-corrected chi connectivity index (χ1v) is 11.4. The minimum absolute atomic E-state index is 0.174. The number of aromatic nitrogens is 3. The van der Waals surface area contributed by atoms with Gasteiger partial charge in [0, 0.05) is 36.2 Å². The molecule has 6 nitrogen and oxygen atoms in total. The van der Waals surface area contributed by atoms with Gasteiger partial charge in [0.25, 0.3) is 0 Å². The van der Waals surface area contributed by atoms with Crippen molar-refractivity contribution in [1.29, 1.82) is 0 Å². The first kappa shape index (κ1) is 19.2. The molecule has 5 heterocycles. The predicted octanol–water partition coefficient (Wildman–Crippen LogP) is 4.63. The standard InChI is InChI=1S/C22H28N4O2S/c1-4-6-16-15-11-28-22(2,3)9-14(15)17-18-19(29-21(17)26-16)20(25-12-24-18)23-10-13-7-5-8-27-13/h12-13H,4-11H2,1-3H3,(H,23,24,25). The van der Waals surface area contributed by atoms with Gasteiger partial charge in [0.1, 0.15) is 17.0 Å². The van der Waals surface area contributed by atoms with Crippen LogP contribution < -0.4 is 5.32 Å². The van der Waals surface area contributed by atoms with Crippen LogP contribution in [0.25, 0.3) is 20.4 Å². The van der Waals surface area contributed by atoms with Crippen molar-refractivity contribution in [1.82, 2.24) is 15.0 Å². The van der Waals surface area contributed by atoms with Crippen LogP contribution in [0.15, 0.2) is 6.33 Å². The topological polar surface area (TPSA) is 69.2 Å². The highest BCUT2D eigenvalue weighted by atomic mass is 32.1. The molecule has 3 aromatic rings. The van der Waals surface area contributed by atoms with Gasteiger partial charge in [0.2, 0.25) is 0 Å². The lowest BCUT2D eigenvalue weighted by atomic mass is 9.88. The van der Waals surface area contributed by atoms with E-state index in [2.05, 4.69) is 36.1 Å². The number of hydrogen-bond acceptors (Lipinski definition) is 7. The average molecular weight is 413 g/mol. The molecule has 0 aliphatic carbocycles. The van der Waals surface area contributed by atoms with Crippen LogP contribution in [-0.4, -0.2) is 39.8 Å². The van der Waals surface area contributed by atoms with E-state index in [0.29, 0.717) is 6.61 Å². The van der Waals surface area contributed by atoms with Crippen LogP contribution in [0, 0.1) is 0 Å². The Kier molecular flexibility index (Phi) is 4.92. The maximum atomic E-state index is 6.14. The fourth-order valence-electron chi connectivity index (χ4n) is 4.46. The molecule has 1 N–H and O–H groups in total. The third kappa shape index (κ3) is 3.49. The summed E-state index contributed by atoms with van der Waals surface area (Å²) in [6.07, 6.45) is 7.13. The maximum absolute atomic E-state index is 6.14. The molecule has 0 spiro atoms. The first-order chi connectivity index (χ1) is 14.1. The molecule has 2 aliphatic rings. The van der Waals surface area contributed by atoms with Crippen LogP contribution in [-0.2, 0) is 28.9 Å². The second-order valence-electron chi connectivity index (χ2n) is 8.69. The summed E-state index contributed by atoms with van der Waals surface area (Å²) in [6.45, 7) is 8.82. The molecular formula is C22H28N4O2S. The van der Waals surface area contributed by atoms with E-state index in [1.807, 2.05) is 0 Å². The number of pyridine rings is 1. The molecule has 0 amide bonds. The van der Waals surface area contributed by atoms with E-state index in [1.165, 1.54) is 22.2 Å². The van der Waals surface area contributed by atoms with Crippen LogP contribution >= 0.6 is 11.3 Å². The Morgan fingerprint density at radius 1 is 1.28 bits per heavy atom. The van der Waals surface area contributed by atoms with Gasteiger partial charge in [-0.3, -0.25) is 0 Å². The van der Waals surface area contributed by atoms with Crippen LogP contribution in [0.1, 0.15) is 56.9 Å². The Morgan fingerprint density at radius 3 is 2.97 bits per heavy atom. The number of fused-ring (bicyclic) bond motifs is 5. The molecule has 5 rings (SSSR count). The summed E-state index contributed by atoms with van der Waals surface area (Å²) in [7, 11) is 0. The molecule has 29 heavy (non-hydrogen) atoms. The van der Waals surface area contributed by atoms with E-state index in [4.69, 9.17) is 14.5 Å². The molecular weight excluding hydrogens is 384 g/mol. The highest BCUT2D eigenvalue weighted by Gasteiger charge is 2.31. The summed E-state index contributed by atoms with van der Waals surface area (Å²) in [5, 5.41) is 4.70. The fourth-order valence-corrected chi connectivity index (χ4v) is 5.60. The van der Waals surface area contributed by atoms with Crippen molar-refractivity contribution in [2.45, 2.75) is 71.2 Å². The van der Waals surface area contributed by atoms with Crippen molar-refractivity contribution < 1.29 is 9.47 Å². The Bertz CT molecular complexity index is 1060. The molecule has 1 saturated heterocycles. The smallest absolute Gasteiger partial charge is 0.147 e. The molecule has 0 bridgehead atoms. The van der Waals surface area contributed by atoms with Gasteiger partial charge in [-0.05, 0) is 38.7 Å². The Labute approximate surface area is 175 Å². The molecule has 0 saturated carbocycles. The van der Waals surface area contributed by atoms with Gasteiger partial charge in [-0.15, -0.1) is 11.3 Å². The van der Waals surface area contributed by atoms with E-state index in [-0.39, 0.29) is 11.7 Å². The molecule has 1 fully saturated rings. The number of nitrogens with one attached hydrogen (secondary N) is 1. The van der Waals surface area contributed by atoms with Crippen molar-refractivity contribution in [3.63, 3.8) is 0 Å².